The molecule has 18 heavy (non-hydrogen) atoms. The minimum absolute atomic E-state index is 0.117. The lowest BCUT2D eigenvalue weighted by Gasteiger charge is -2.31. The highest BCUT2D eigenvalue weighted by atomic mass is 32.1. The van der Waals surface area contributed by atoms with Gasteiger partial charge in [-0.15, -0.1) is 0 Å². The Hall–Kier alpha value is -0.640. The van der Waals surface area contributed by atoms with Gasteiger partial charge in [0.25, 0.3) is 0 Å². The highest BCUT2D eigenvalue weighted by molar-refractivity contribution is 7.80. The van der Waals surface area contributed by atoms with Crippen LogP contribution < -0.4 is 11.1 Å². The van der Waals surface area contributed by atoms with Gasteiger partial charge in [-0.3, -0.25) is 4.79 Å². The summed E-state index contributed by atoms with van der Waals surface area (Å²) in [6.07, 6.45) is 7.99. The van der Waals surface area contributed by atoms with Gasteiger partial charge in [0.1, 0.15) is 0 Å². The number of thiocarbonyl (C=S) groups is 1. The van der Waals surface area contributed by atoms with Gasteiger partial charge in [0, 0.05) is 5.92 Å². The van der Waals surface area contributed by atoms with Crippen LogP contribution in [-0.2, 0) is 4.79 Å². The van der Waals surface area contributed by atoms with Crippen LogP contribution in [0.1, 0.15) is 65.2 Å². The molecule has 0 unspecified atom stereocenters. The van der Waals surface area contributed by atoms with Gasteiger partial charge in [0.15, 0.2) is 0 Å². The van der Waals surface area contributed by atoms with Crippen molar-refractivity contribution < 1.29 is 4.79 Å². The molecule has 0 aliphatic heterocycles. The first kappa shape index (κ1) is 15.4. The quantitative estimate of drug-likeness (QED) is 0.699. The zero-order valence-electron chi connectivity index (χ0n) is 11.6. The predicted molar refractivity (Wildman–Crippen MR) is 79.4 cm³/mol. The summed E-state index contributed by atoms with van der Waals surface area (Å²) < 4.78 is 0. The van der Waals surface area contributed by atoms with E-state index in [2.05, 4.69) is 19.2 Å². The van der Waals surface area contributed by atoms with Crippen molar-refractivity contribution in [3.8, 4) is 0 Å². The number of hydrogen-bond acceptors (Lipinski definition) is 2. The zero-order chi connectivity index (χ0) is 13.6. The van der Waals surface area contributed by atoms with E-state index in [9.17, 15) is 4.79 Å². The topological polar surface area (TPSA) is 55.1 Å². The number of carbonyl (C=O) groups excluding carboxylic acids is 1. The van der Waals surface area contributed by atoms with Crippen LogP contribution in [-0.4, -0.2) is 16.4 Å². The van der Waals surface area contributed by atoms with E-state index in [4.69, 9.17) is 18.0 Å². The van der Waals surface area contributed by atoms with E-state index in [-0.39, 0.29) is 11.8 Å². The summed E-state index contributed by atoms with van der Waals surface area (Å²) in [6, 6.07) is 0. The molecular weight excluding hydrogens is 244 g/mol. The molecule has 3 nitrogen and oxygen atoms in total. The Kier molecular flexibility index (Phi) is 6.06. The molecule has 0 radical (unpaired) electrons. The second kappa shape index (κ2) is 7.07. The van der Waals surface area contributed by atoms with Crippen molar-refractivity contribution in [2.45, 2.75) is 70.8 Å². The molecule has 4 heteroatoms. The fourth-order valence-electron chi connectivity index (χ4n) is 2.85. The Labute approximate surface area is 116 Å². The Bertz CT molecular complexity index is 292. The van der Waals surface area contributed by atoms with Crippen molar-refractivity contribution in [2.75, 3.05) is 0 Å². The van der Waals surface area contributed by atoms with E-state index in [1.807, 2.05) is 0 Å². The smallest absolute Gasteiger partial charge is 0.223 e. The van der Waals surface area contributed by atoms with Crippen molar-refractivity contribution in [1.29, 1.82) is 0 Å². The van der Waals surface area contributed by atoms with Crippen LogP contribution in [0, 0.1) is 5.92 Å². The van der Waals surface area contributed by atoms with Crippen molar-refractivity contribution in [3.05, 3.63) is 0 Å². The normalized spacial score (nSPS) is 17.9. The third-order valence-electron chi connectivity index (χ3n) is 3.94. The van der Waals surface area contributed by atoms with Gasteiger partial charge in [-0.05, 0) is 25.7 Å². The molecule has 104 valence electrons. The molecule has 1 aliphatic rings. The van der Waals surface area contributed by atoms with Crippen LogP contribution >= 0.6 is 12.2 Å². The Morgan fingerprint density at radius 3 is 2.17 bits per heavy atom. The molecule has 1 saturated carbocycles. The lowest BCUT2D eigenvalue weighted by atomic mass is 9.92. The molecule has 0 aromatic carbocycles. The first-order valence-electron chi connectivity index (χ1n) is 7.17. The molecule has 0 saturated heterocycles. The monoisotopic (exact) mass is 270 g/mol. The summed E-state index contributed by atoms with van der Waals surface area (Å²) in [6.45, 7) is 4.24. The van der Waals surface area contributed by atoms with E-state index in [0.717, 1.165) is 51.4 Å². The van der Waals surface area contributed by atoms with Gasteiger partial charge >= 0.3 is 0 Å². The van der Waals surface area contributed by atoms with Gasteiger partial charge in [-0.1, -0.05) is 51.7 Å². The van der Waals surface area contributed by atoms with Crippen LogP contribution in [0.3, 0.4) is 0 Å². The van der Waals surface area contributed by atoms with Crippen molar-refractivity contribution >= 4 is 23.1 Å². The maximum atomic E-state index is 12.4. The molecule has 0 atom stereocenters. The lowest BCUT2D eigenvalue weighted by Crippen LogP contribution is -2.56. The third-order valence-corrected chi connectivity index (χ3v) is 4.33. The molecule has 1 amide bonds. The number of carbonyl (C=O) groups is 1. The van der Waals surface area contributed by atoms with Gasteiger partial charge in [0.05, 0.1) is 10.5 Å². The highest BCUT2D eigenvalue weighted by Gasteiger charge is 2.39. The van der Waals surface area contributed by atoms with E-state index < -0.39 is 5.54 Å². The molecular formula is C14H26N2OS. The molecule has 0 heterocycles. The minimum atomic E-state index is -0.397. The fraction of sp³-hybridized carbons (Fsp3) is 0.857. The van der Waals surface area contributed by atoms with Crippen LogP contribution in [0.25, 0.3) is 0 Å². The maximum absolute atomic E-state index is 12.4. The van der Waals surface area contributed by atoms with Crippen LogP contribution in [0.2, 0.25) is 0 Å². The average molecular weight is 270 g/mol. The molecule has 0 aromatic rings. The summed E-state index contributed by atoms with van der Waals surface area (Å²) >= 11 is 5.16. The van der Waals surface area contributed by atoms with E-state index >= 15 is 0 Å². The van der Waals surface area contributed by atoms with Gasteiger partial charge in [0.2, 0.25) is 5.91 Å². The maximum Gasteiger partial charge on any atom is 0.223 e. The number of rotatable bonds is 7. The summed E-state index contributed by atoms with van der Waals surface area (Å²) in [5.74, 6) is 0.264. The fourth-order valence-corrected chi connectivity index (χ4v) is 3.11. The molecule has 1 fully saturated rings. The predicted octanol–water partition coefficient (Wildman–Crippen LogP) is 2.92. The molecule has 0 spiro atoms. The van der Waals surface area contributed by atoms with E-state index in [0.29, 0.717) is 4.99 Å². The molecule has 0 bridgehead atoms. The largest absolute Gasteiger partial charge is 0.391 e. The van der Waals surface area contributed by atoms with E-state index in [1.165, 1.54) is 0 Å². The second-order valence-electron chi connectivity index (χ2n) is 5.42. The lowest BCUT2D eigenvalue weighted by molar-refractivity contribution is -0.126. The molecule has 0 aromatic heterocycles. The molecule has 1 aliphatic carbocycles. The minimum Gasteiger partial charge on any atom is -0.391 e. The average Bonchev–Trinajstić information content (AvgIpc) is 2.78. The highest BCUT2D eigenvalue weighted by Crippen LogP contribution is 2.30. The summed E-state index contributed by atoms with van der Waals surface area (Å²) in [4.78, 5) is 12.8. The summed E-state index contributed by atoms with van der Waals surface area (Å²) in [7, 11) is 0. The van der Waals surface area contributed by atoms with Gasteiger partial charge in [-0.25, -0.2) is 0 Å². The number of amides is 1. The van der Waals surface area contributed by atoms with Crippen LogP contribution in [0.5, 0.6) is 0 Å². The van der Waals surface area contributed by atoms with Crippen molar-refractivity contribution in [3.63, 3.8) is 0 Å². The zero-order valence-corrected chi connectivity index (χ0v) is 12.4. The molecule has 3 N–H and O–H groups in total. The van der Waals surface area contributed by atoms with Gasteiger partial charge < -0.3 is 11.1 Å². The van der Waals surface area contributed by atoms with Crippen LogP contribution in [0.15, 0.2) is 0 Å². The Morgan fingerprint density at radius 2 is 1.78 bits per heavy atom. The third kappa shape index (κ3) is 3.67. The number of nitrogens with two attached hydrogens (primary N) is 1. The summed E-state index contributed by atoms with van der Waals surface area (Å²) in [5, 5.41) is 3.16. The summed E-state index contributed by atoms with van der Waals surface area (Å²) in [5.41, 5.74) is 5.45. The first-order chi connectivity index (χ1) is 8.55. The Balaban J connectivity index is 2.67. The van der Waals surface area contributed by atoms with Crippen LogP contribution in [0.4, 0.5) is 0 Å². The van der Waals surface area contributed by atoms with Gasteiger partial charge in [-0.2, -0.15) is 0 Å². The standard InChI is InChI=1S/C14H26N2OS/c1-3-7-11(8-4-2)12(17)16-14(13(15)18)9-5-6-10-14/h11H,3-10H2,1-2H3,(H2,15,18)(H,16,17). The van der Waals surface area contributed by atoms with Crippen molar-refractivity contribution in [1.82, 2.24) is 5.32 Å². The SMILES string of the molecule is CCCC(CCC)C(=O)NC1(C(N)=S)CCCC1. The first-order valence-corrected chi connectivity index (χ1v) is 7.58. The Morgan fingerprint density at radius 1 is 1.28 bits per heavy atom. The van der Waals surface area contributed by atoms with Crippen molar-refractivity contribution in [2.24, 2.45) is 11.7 Å². The second-order valence-corrected chi connectivity index (χ2v) is 5.86. The number of nitrogens with one attached hydrogen (secondary N) is 1. The van der Waals surface area contributed by atoms with E-state index in [1.54, 1.807) is 0 Å². The molecule has 1 rings (SSSR count). The number of hydrogen-bond donors (Lipinski definition) is 2.